The maximum atomic E-state index is 13.9. The molecule has 2 aliphatic heterocycles. The molecule has 0 bridgehead atoms. The number of hydrogen-bond acceptors (Lipinski definition) is 8. The van der Waals surface area contributed by atoms with Crippen molar-refractivity contribution in [1.82, 2.24) is 9.62 Å². The summed E-state index contributed by atoms with van der Waals surface area (Å²) in [5.41, 5.74) is 6.29. The number of ether oxygens (including phenoxy) is 3. The van der Waals surface area contributed by atoms with Crippen LogP contribution in [0.5, 0.6) is 0 Å². The predicted molar refractivity (Wildman–Crippen MR) is 142 cm³/mol. The van der Waals surface area contributed by atoms with E-state index in [9.17, 15) is 18.3 Å². The number of rotatable bonds is 11. The summed E-state index contributed by atoms with van der Waals surface area (Å²) in [6.45, 7) is -15.5. The number of sulfonamides is 1. The molecule has 1 amide bonds. The average Bonchev–Trinajstić information content (AvgIpc) is 3.33. The number of aliphatic hydroxyl groups is 1. The standard InChI is InChI=1S/C27H37N3O7S/c1-18(2)15-30(38(33,34)21-10-8-20(28)9-11-21)16-24(31)23(14-19-6-4-3-5-7-19)29-27(32)37-25-17-36-26-22(25)12-13-35-26/h3-11,18,22-26,31H,12-17,28H2,1-2H3,(H,29,32)/t22-,23-,24+,25-,26+/m0/s1/i1D3,2D3,12D2,13D2,17D2,18D. The van der Waals surface area contributed by atoms with Crippen molar-refractivity contribution in [3.05, 3.63) is 60.2 Å². The summed E-state index contributed by atoms with van der Waals surface area (Å²) in [5, 5.41) is 13.8. The molecule has 4 rings (SSSR count). The van der Waals surface area contributed by atoms with E-state index in [2.05, 4.69) is 5.32 Å². The molecule has 4 N–H and O–H groups in total. The maximum Gasteiger partial charge on any atom is 0.407 e. The topological polar surface area (TPSA) is 140 Å². The van der Waals surface area contributed by atoms with Gasteiger partial charge in [-0.15, -0.1) is 0 Å². The molecule has 2 aromatic rings. The lowest BCUT2D eigenvalue weighted by atomic mass is 10.0. The van der Waals surface area contributed by atoms with Gasteiger partial charge in [-0.3, -0.25) is 0 Å². The van der Waals surface area contributed by atoms with Gasteiger partial charge < -0.3 is 30.4 Å². The summed E-state index contributed by atoms with van der Waals surface area (Å²) in [6, 6.07) is 11.0. The van der Waals surface area contributed by atoms with E-state index in [-0.39, 0.29) is 12.1 Å². The summed E-state index contributed by atoms with van der Waals surface area (Å²) in [4.78, 5) is 12.8. The summed E-state index contributed by atoms with van der Waals surface area (Å²) >= 11 is 0. The normalized spacial score (nSPS) is 32.8. The van der Waals surface area contributed by atoms with Crippen molar-refractivity contribution in [2.75, 3.05) is 31.9 Å². The van der Waals surface area contributed by atoms with Gasteiger partial charge in [0.2, 0.25) is 10.0 Å². The third-order valence-electron chi connectivity index (χ3n) is 5.86. The third-order valence-corrected chi connectivity index (χ3v) is 7.69. The van der Waals surface area contributed by atoms with Gasteiger partial charge in [0.1, 0.15) is 6.10 Å². The van der Waals surface area contributed by atoms with Crippen LogP contribution in [0.3, 0.4) is 0 Å². The Labute approximate surface area is 242 Å². The average molecular weight is 561 g/mol. The van der Waals surface area contributed by atoms with E-state index in [4.69, 9.17) is 37.8 Å². The third kappa shape index (κ3) is 7.03. The van der Waals surface area contributed by atoms with Crippen molar-refractivity contribution in [2.45, 2.75) is 55.9 Å². The van der Waals surface area contributed by atoms with E-state index < -0.39 is 104 Å². The number of nitrogen functional groups attached to an aromatic ring is 1. The Morgan fingerprint density at radius 1 is 1.24 bits per heavy atom. The first-order chi connectivity index (χ1) is 23.1. The number of carbonyl (C=O) groups is 1. The highest BCUT2D eigenvalue weighted by Crippen LogP contribution is 2.33. The van der Waals surface area contributed by atoms with Gasteiger partial charge >= 0.3 is 6.09 Å². The first-order valence-electron chi connectivity index (χ1n) is 18.0. The molecule has 2 fully saturated rings. The zero-order chi connectivity index (χ0) is 38.6. The number of benzene rings is 2. The van der Waals surface area contributed by atoms with E-state index in [1.165, 1.54) is 12.1 Å². The number of carbonyl (C=O) groups excluding carboxylic acids is 1. The van der Waals surface area contributed by atoms with Crippen LogP contribution in [0.25, 0.3) is 0 Å². The first kappa shape index (κ1) is 15.8. The number of hydrogen-bond donors (Lipinski definition) is 3. The Balaban J connectivity index is 1.69. The molecule has 0 radical (unpaired) electrons. The van der Waals surface area contributed by atoms with Crippen LogP contribution in [0.15, 0.2) is 59.5 Å². The van der Waals surface area contributed by atoms with Gasteiger partial charge in [-0.25, -0.2) is 13.2 Å². The van der Waals surface area contributed by atoms with Gasteiger partial charge in [-0.2, -0.15) is 4.31 Å². The molecule has 2 saturated heterocycles. The SMILES string of the molecule is [2H]C1([2H])O[C@H]2OC([2H])([2H])C([2H])([2H])[C@H]2[C@H]1OC(=O)N[C@@H](Cc1ccccc1)[C@H](O)CN(CC([2H])(C([2H])([2H])[2H])C([2H])([2H])[2H])S(=O)(=O)c1ccc(N)cc1. The Morgan fingerprint density at radius 2 is 1.97 bits per heavy atom. The van der Waals surface area contributed by atoms with E-state index in [0.717, 1.165) is 12.1 Å². The van der Waals surface area contributed by atoms with Crippen LogP contribution in [0.4, 0.5) is 10.5 Å². The molecule has 0 saturated carbocycles. The van der Waals surface area contributed by atoms with Crippen LogP contribution in [-0.2, 0) is 30.7 Å². The number of nitrogens with zero attached hydrogens (tertiary/aromatic N) is 1. The molecule has 11 heteroatoms. The van der Waals surface area contributed by atoms with Crippen LogP contribution < -0.4 is 11.1 Å². The fourth-order valence-corrected chi connectivity index (χ4v) is 5.35. The van der Waals surface area contributed by atoms with Gasteiger partial charge in [0.15, 0.2) is 6.29 Å². The van der Waals surface area contributed by atoms with E-state index >= 15 is 0 Å². The largest absolute Gasteiger partial charge is 0.443 e. The van der Waals surface area contributed by atoms with Gasteiger partial charge in [-0.1, -0.05) is 44.0 Å². The highest BCUT2D eigenvalue weighted by Gasteiger charge is 2.44. The second-order valence-corrected chi connectivity index (χ2v) is 10.6. The van der Waals surface area contributed by atoms with Crippen LogP contribution >= 0.6 is 0 Å². The molecule has 0 spiro atoms. The van der Waals surface area contributed by atoms with Gasteiger partial charge in [0, 0.05) is 31.1 Å². The van der Waals surface area contributed by atoms with Crippen molar-refractivity contribution < 1.29 is 50.3 Å². The number of nitrogens with two attached hydrogens (primary N) is 1. The Bertz CT molecular complexity index is 1650. The number of aliphatic hydroxyl groups excluding tert-OH is 1. The Kier molecular flexibility index (Phi) is 5.17. The highest BCUT2D eigenvalue weighted by atomic mass is 32.2. The van der Waals surface area contributed by atoms with Crippen LogP contribution in [-0.4, -0.2) is 74.7 Å². The summed E-state index contributed by atoms with van der Waals surface area (Å²) in [7, 11) is -4.87. The lowest BCUT2D eigenvalue weighted by molar-refractivity contribution is -0.0907. The minimum atomic E-state index is -4.87. The second-order valence-electron chi connectivity index (χ2n) is 8.67. The van der Waals surface area contributed by atoms with E-state index in [1.54, 1.807) is 30.3 Å². The number of alkyl carbamates (subject to hydrolysis) is 1. The zero-order valence-corrected chi connectivity index (χ0v) is 20.9. The lowest BCUT2D eigenvalue weighted by Gasteiger charge is -2.31. The van der Waals surface area contributed by atoms with Gasteiger partial charge in [-0.05, 0) is 48.5 Å². The smallest absolute Gasteiger partial charge is 0.407 e. The molecular weight excluding hydrogens is 510 g/mol. The van der Waals surface area contributed by atoms with E-state index in [1.807, 2.05) is 0 Å². The zero-order valence-electron chi connectivity index (χ0n) is 33.0. The Morgan fingerprint density at radius 3 is 2.68 bits per heavy atom. The number of amides is 1. The molecule has 2 aliphatic rings. The van der Waals surface area contributed by atoms with Gasteiger partial charge in [0.05, 0.1) is 41.6 Å². The van der Waals surface area contributed by atoms with Gasteiger partial charge in [0.25, 0.3) is 0 Å². The molecule has 0 aliphatic carbocycles. The summed E-state index contributed by atoms with van der Waals surface area (Å²) < 4.78 is 147. The minimum Gasteiger partial charge on any atom is -0.443 e. The fraction of sp³-hybridized carbons (Fsp3) is 0.519. The quantitative estimate of drug-likeness (QED) is 0.356. The fourth-order valence-electron chi connectivity index (χ4n) is 3.92. The molecule has 208 valence electrons. The molecule has 5 atom stereocenters. The van der Waals surface area contributed by atoms with Crippen molar-refractivity contribution in [3.8, 4) is 0 Å². The predicted octanol–water partition coefficient (Wildman–Crippen LogP) is 2.38. The monoisotopic (exact) mass is 560 g/mol. The van der Waals surface area contributed by atoms with E-state index in [0.29, 0.717) is 9.87 Å². The molecule has 0 unspecified atom stereocenters. The van der Waals surface area contributed by atoms with Crippen LogP contribution in [0, 0.1) is 11.8 Å². The number of fused-ring (bicyclic) bond motifs is 1. The number of nitrogens with one attached hydrogen (secondary N) is 1. The molecule has 0 aromatic heterocycles. The molecule has 2 heterocycles. The summed E-state index contributed by atoms with van der Waals surface area (Å²) in [5.74, 6) is -5.18. The van der Waals surface area contributed by atoms with Crippen molar-refractivity contribution >= 4 is 21.8 Å². The first-order valence-corrected chi connectivity index (χ1v) is 13.0. The van der Waals surface area contributed by atoms with Crippen LogP contribution in [0.2, 0.25) is 0 Å². The lowest BCUT2D eigenvalue weighted by Crippen LogP contribution is -2.51. The summed E-state index contributed by atoms with van der Waals surface area (Å²) in [6.07, 6.45) is -10.5. The van der Waals surface area contributed by atoms with Crippen molar-refractivity contribution in [3.63, 3.8) is 0 Å². The van der Waals surface area contributed by atoms with Crippen molar-refractivity contribution in [2.24, 2.45) is 11.8 Å². The highest BCUT2D eigenvalue weighted by molar-refractivity contribution is 7.89. The Hall–Kier alpha value is -2.70. The van der Waals surface area contributed by atoms with Crippen molar-refractivity contribution in [1.29, 1.82) is 0 Å². The molecule has 38 heavy (non-hydrogen) atoms. The number of anilines is 1. The molecule has 2 aromatic carbocycles. The molecular formula is C27H37N3O7S. The molecule has 10 nitrogen and oxygen atoms in total. The maximum absolute atomic E-state index is 13.9. The minimum absolute atomic E-state index is 0.155. The second kappa shape index (κ2) is 12.4. The van der Waals surface area contributed by atoms with Crippen LogP contribution in [0.1, 0.15) is 43.5 Å².